The average molecular weight is 354 g/mol. The largest absolute Gasteiger partial charge is 0.383 e. The van der Waals surface area contributed by atoms with E-state index in [1.807, 2.05) is 30.3 Å². The Balaban J connectivity index is 2.13. The summed E-state index contributed by atoms with van der Waals surface area (Å²) in [5.74, 6) is 0.581. The van der Waals surface area contributed by atoms with Crippen molar-refractivity contribution in [1.82, 2.24) is 14.5 Å². The number of ether oxygens (including phenoxy) is 2. The zero-order valence-corrected chi connectivity index (χ0v) is 14.9. The van der Waals surface area contributed by atoms with E-state index in [1.54, 1.807) is 31.0 Å². The van der Waals surface area contributed by atoms with E-state index in [1.165, 1.54) is 0 Å². The van der Waals surface area contributed by atoms with Crippen LogP contribution in [0, 0.1) is 0 Å². The zero-order chi connectivity index (χ0) is 18.4. The summed E-state index contributed by atoms with van der Waals surface area (Å²) in [7, 11) is 3.25. The second kappa shape index (κ2) is 8.55. The van der Waals surface area contributed by atoms with E-state index in [-0.39, 0.29) is 5.56 Å². The second-order valence-corrected chi connectivity index (χ2v) is 5.76. The Morgan fingerprint density at radius 2 is 1.88 bits per heavy atom. The molecule has 3 aromatic rings. The number of nitrogens with one attached hydrogen (secondary N) is 1. The van der Waals surface area contributed by atoms with Gasteiger partial charge in [0.15, 0.2) is 5.82 Å². The molecule has 7 nitrogen and oxygen atoms in total. The van der Waals surface area contributed by atoms with E-state index in [9.17, 15) is 4.79 Å². The predicted molar refractivity (Wildman–Crippen MR) is 101 cm³/mol. The number of hydrogen-bond donors (Lipinski definition) is 1. The van der Waals surface area contributed by atoms with Crippen LogP contribution in [-0.2, 0) is 16.0 Å². The molecule has 0 spiro atoms. The van der Waals surface area contributed by atoms with Gasteiger partial charge in [-0.2, -0.15) is 0 Å². The maximum atomic E-state index is 12.6. The van der Waals surface area contributed by atoms with Gasteiger partial charge in [-0.05, 0) is 0 Å². The molecule has 0 saturated carbocycles. The molecule has 0 bridgehead atoms. The lowest BCUT2D eigenvalue weighted by Gasteiger charge is -2.14. The number of anilines is 1. The minimum atomic E-state index is -0.132. The van der Waals surface area contributed by atoms with E-state index >= 15 is 0 Å². The molecule has 0 aliphatic carbocycles. The van der Waals surface area contributed by atoms with Crippen molar-refractivity contribution < 1.29 is 9.47 Å². The number of rotatable bonds is 8. The summed E-state index contributed by atoms with van der Waals surface area (Å²) in [6.07, 6.45) is 1.75. The Hall–Kier alpha value is -2.77. The van der Waals surface area contributed by atoms with Gasteiger partial charge in [0.2, 0.25) is 0 Å². The summed E-state index contributed by atoms with van der Waals surface area (Å²) in [4.78, 5) is 21.8. The first-order valence-electron chi connectivity index (χ1n) is 8.42. The monoisotopic (exact) mass is 354 g/mol. The van der Waals surface area contributed by atoms with Gasteiger partial charge < -0.3 is 14.8 Å². The summed E-state index contributed by atoms with van der Waals surface area (Å²) >= 11 is 0. The van der Waals surface area contributed by atoms with Crippen LogP contribution in [0.3, 0.4) is 0 Å². The molecule has 0 atom stereocenters. The zero-order valence-electron chi connectivity index (χ0n) is 14.9. The fourth-order valence-electron chi connectivity index (χ4n) is 2.71. The van der Waals surface area contributed by atoms with Crippen LogP contribution in [0.5, 0.6) is 0 Å². The predicted octanol–water partition coefficient (Wildman–Crippen LogP) is 2.16. The summed E-state index contributed by atoms with van der Waals surface area (Å²) in [6.45, 7) is 1.98. The summed E-state index contributed by atoms with van der Waals surface area (Å²) < 4.78 is 11.8. The molecule has 0 saturated heterocycles. The van der Waals surface area contributed by atoms with Crippen molar-refractivity contribution in [1.29, 1.82) is 0 Å². The molecule has 0 radical (unpaired) electrons. The first kappa shape index (κ1) is 18.0. The van der Waals surface area contributed by atoms with Crippen molar-refractivity contribution in [2.45, 2.75) is 6.54 Å². The van der Waals surface area contributed by atoms with E-state index < -0.39 is 0 Å². The van der Waals surface area contributed by atoms with Crippen molar-refractivity contribution in [3.63, 3.8) is 0 Å². The first-order chi connectivity index (χ1) is 12.7. The van der Waals surface area contributed by atoms with Crippen LogP contribution >= 0.6 is 0 Å². The van der Waals surface area contributed by atoms with E-state index in [2.05, 4.69) is 15.3 Å². The molecule has 0 unspecified atom stereocenters. The molecular formula is C19H22N4O3. The van der Waals surface area contributed by atoms with Crippen LogP contribution in [0.25, 0.3) is 22.4 Å². The van der Waals surface area contributed by atoms with E-state index in [0.717, 1.165) is 10.9 Å². The number of aromatic nitrogens is 3. The summed E-state index contributed by atoms with van der Waals surface area (Å²) in [6, 6.07) is 11.3. The van der Waals surface area contributed by atoms with Gasteiger partial charge in [-0.3, -0.25) is 9.36 Å². The van der Waals surface area contributed by atoms with Gasteiger partial charge in [-0.25, -0.2) is 9.97 Å². The van der Waals surface area contributed by atoms with Gasteiger partial charge in [-0.15, -0.1) is 0 Å². The Labute approximate surface area is 151 Å². The van der Waals surface area contributed by atoms with Crippen LogP contribution in [0.15, 0.2) is 47.4 Å². The summed E-state index contributed by atoms with van der Waals surface area (Å²) in [5.41, 5.74) is 2.06. The van der Waals surface area contributed by atoms with Gasteiger partial charge >= 0.3 is 0 Å². The quantitative estimate of drug-likeness (QED) is 0.625. The molecule has 1 N–H and O–H groups in total. The molecule has 3 rings (SSSR count). The lowest BCUT2D eigenvalue weighted by Crippen LogP contribution is -2.24. The molecule has 136 valence electrons. The third-order valence-electron chi connectivity index (χ3n) is 4.02. The van der Waals surface area contributed by atoms with Crippen LogP contribution < -0.4 is 10.9 Å². The highest BCUT2D eigenvalue weighted by Gasteiger charge is 2.12. The maximum absolute atomic E-state index is 12.6. The third kappa shape index (κ3) is 3.89. The van der Waals surface area contributed by atoms with Crippen molar-refractivity contribution in [2.75, 3.05) is 39.3 Å². The van der Waals surface area contributed by atoms with Crippen LogP contribution in [0.4, 0.5) is 5.69 Å². The standard InChI is InChI=1S/C19H22N4O3/c1-25-10-8-20-16-12-17(24)23(9-11-26-2)19-15(16)13-21-18(22-19)14-6-4-3-5-7-14/h3-7,12-13,20H,8-11H2,1-2H3. The van der Waals surface area contributed by atoms with Crippen molar-refractivity contribution >= 4 is 16.7 Å². The maximum Gasteiger partial charge on any atom is 0.254 e. The molecule has 0 fully saturated rings. The Kier molecular flexibility index (Phi) is 5.93. The molecule has 26 heavy (non-hydrogen) atoms. The molecule has 1 aromatic carbocycles. The SMILES string of the molecule is COCCNc1cc(=O)n(CCOC)c2nc(-c3ccccc3)ncc12. The van der Waals surface area contributed by atoms with Crippen LogP contribution in [0.1, 0.15) is 0 Å². The minimum Gasteiger partial charge on any atom is -0.383 e. The Morgan fingerprint density at radius 1 is 1.12 bits per heavy atom. The van der Waals surface area contributed by atoms with Crippen LogP contribution in [-0.4, -0.2) is 48.5 Å². The number of pyridine rings is 1. The number of methoxy groups -OCH3 is 2. The molecule has 0 aliphatic heterocycles. The Bertz CT molecular complexity index is 925. The third-order valence-corrected chi connectivity index (χ3v) is 4.02. The highest BCUT2D eigenvalue weighted by molar-refractivity contribution is 5.89. The number of fused-ring (bicyclic) bond motifs is 1. The highest BCUT2D eigenvalue weighted by atomic mass is 16.5. The lowest BCUT2D eigenvalue weighted by molar-refractivity contribution is 0.187. The summed E-state index contributed by atoms with van der Waals surface area (Å²) in [5, 5.41) is 4.01. The molecule has 0 aliphatic rings. The van der Waals surface area contributed by atoms with E-state index in [4.69, 9.17) is 9.47 Å². The van der Waals surface area contributed by atoms with Crippen LogP contribution in [0.2, 0.25) is 0 Å². The molecule has 7 heteroatoms. The number of hydrogen-bond acceptors (Lipinski definition) is 6. The second-order valence-electron chi connectivity index (χ2n) is 5.76. The van der Waals surface area contributed by atoms with Crippen molar-refractivity contribution in [3.8, 4) is 11.4 Å². The van der Waals surface area contributed by atoms with Crippen molar-refractivity contribution in [2.24, 2.45) is 0 Å². The first-order valence-corrected chi connectivity index (χ1v) is 8.42. The van der Waals surface area contributed by atoms with Gasteiger partial charge in [0.25, 0.3) is 5.56 Å². The average Bonchev–Trinajstić information content (AvgIpc) is 2.68. The smallest absolute Gasteiger partial charge is 0.254 e. The topological polar surface area (TPSA) is 78.3 Å². The fraction of sp³-hybridized carbons (Fsp3) is 0.316. The van der Waals surface area contributed by atoms with E-state index in [0.29, 0.717) is 43.5 Å². The fourth-order valence-corrected chi connectivity index (χ4v) is 2.71. The van der Waals surface area contributed by atoms with Gasteiger partial charge in [0.05, 0.1) is 30.8 Å². The number of nitrogens with zero attached hydrogens (tertiary/aromatic N) is 3. The lowest BCUT2D eigenvalue weighted by atomic mass is 10.2. The Morgan fingerprint density at radius 3 is 2.62 bits per heavy atom. The normalized spacial score (nSPS) is 11.0. The highest BCUT2D eigenvalue weighted by Crippen LogP contribution is 2.22. The van der Waals surface area contributed by atoms with Gasteiger partial charge in [-0.1, -0.05) is 30.3 Å². The molecule has 0 amide bonds. The molecular weight excluding hydrogens is 332 g/mol. The van der Waals surface area contributed by atoms with Crippen molar-refractivity contribution in [3.05, 3.63) is 52.9 Å². The number of benzene rings is 1. The van der Waals surface area contributed by atoms with Gasteiger partial charge in [0, 0.05) is 38.6 Å². The molecule has 2 heterocycles. The van der Waals surface area contributed by atoms with Gasteiger partial charge in [0.1, 0.15) is 5.65 Å². The minimum absolute atomic E-state index is 0.132. The molecule has 2 aromatic heterocycles.